The highest BCUT2D eigenvalue weighted by atomic mass is 32.2. The standard InChI is InChI=1S/C39H50FN5O10S/c1-5-25-19-39(25,35(49)43-56(52,53)28-15-16-28)42-33(47)32-18-27(54-37(51)44-20-24-10-7-11-30(40)29(24)22-44)21-45(32)34(48)31(41-36(50)55-38(2,3)4)17-14-26(46)13-12-23-8-6-9-23/h5,7,10-13,23,25,27-28,31-32H,1,6,8-9,14-22H2,2-4H3,(H,41,50)(H,42,47)(H,43,49)/t25-,27?,31+,32+,39-/m1/s1. The monoisotopic (exact) mass is 799 g/mol. The largest absolute Gasteiger partial charge is 0.444 e. The van der Waals surface area contributed by atoms with Gasteiger partial charge in [-0.05, 0) is 82.9 Å². The Morgan fingerprint density at radius 3 is 2.43 bits per heavy atom. The van der Waals surface area contributed by atoms with E-state index in [0.29, 0.717) is 29.9 Å². The van der Waals surface area contributed by atoms with Crippen molar-refractivity contribution < 1.29 is 51.0 Å². The maximum absolute atomic E-state index is 14.5. The number of ketones is 1. The van der Waals surface area contributed by atoms with E-state index in [-0.39, 0.29) is 51.1 Å². The molecule has 4 fully saturated rings. The van der Waals surface area contributed by atoms with Crippen molar-refractivity contribution in [2.45, 2.75) is 126 Å². The van der Waals surface area contributed by atoms with Crippen molar-refractivity contribution in [1.82, 2.24) is 25.2 Å². The number of benzene rings is 1. The molecule has 304 valence electrons. The third-order valence-corrected chi connectivity index (χ3v) is 12.7. The van der Waals surface area contributed by atoms with Gasteiger partial charge >= 0.3 is 12.2 Å². The lowest BCUT2D eigenvalue weighted by Gasteiger charge is -2.30. The fourth-order valence-electron chi connectivity index (χ4n) is 7.27. The van der Waals surface area contributed by atoms with E-state index in [1.54, 1.807) is 26.8 Å². The van der Waals surface area contributed by atoms with Crippen LogP contribution in [-0.2, 0) is 51.8 Å². The van der Waals surface area contributed by atoms with Crippen molar-refractivity contribution in [1.29, 1.82) is 0 Å². The van der Waals surface area contributed by atoms with Gasteiger partial charge in [-0.15, -0.1) is 6.58 Å². The first-order valence-corrected chi connectivity index (χ1v) is 20.7. The first-order valence-electron chi connectivity index (χ1n) is 19.1. The van der Waals surface area contributed by atoms with E-state index >= 15 is 0 Å². The minimum Gasteiger partial charge on any atom is -0.444 e. The summed E-state index contributed by atoms with van der Waals surface area (Å²) in [6, 6.07) is 1.82. The van der Waals surface area contributed by atoms with Crippen LogP contribution in [-0.4, -0.2) is 95.0 Å². The van der Waals surface area contributed by atoms with Gasteiger partial charge < -0.3 is 25.0 Å². The number of halogens is 1. The number of hydrogen-bond acceptors (Lipinski definition) is 10. The molecule has 56 heavy (non-hydrogen) atoms. The Hall–Kier alpha value is -4.80. The second kappa shape index (κ2) is 16.0. The molecule has 17 heteroatoms. The molecule has 15 nitrogen and oxygen atoms in total. The molecular weight excluding hydrogens is 750 g/mol. The normalized spacial score (nSPS) is 25.1. The van der Waals surface area contributed by atoms with Crippen molar-refractivity contribution in [2.24, 2.45) is 11.8 Å². The second-order valence-corrected chi connectivity index (χ2v) is 18.4. The van der Waals surface area contributed by atoms with Crippen molar-refractivity contribution in [3.63, 3.8) is 0 Å². The summed E-state index contributed by atoms with van der Waals surface area (Å²) >= 11 is 0. The molecule has 5 aliphatic rings. The molecule has 1 unspecified atom stereocenters. The van der Waals surface area contributed by atoms with Crippen molar-refractivity contribution >= 4 is 45.7 Å². The summed E-state index contributed by atoms with van der Waals surface area (Å²) in [6.45, 7) is 8.37. The third kappa shape index (κ3) is 9.41. The van der Waals surface area contributed by atoms with Gasteiger partial charge in [0.15, 0.2) is 5.78 Å². The Morgan fingerprint density at radius 2 is 1.82 bits per heavy atom. The lowest BCUT2D eigenvalue weighted by atomic mass is 9.85. The van der Waals surface area contributed by atoms with Gasteiger partial charge in [0.25, 0.3) is 5.91 Å². The first-order chi connectivity index (χ1) is 26.4. The summed E-state index contributed by atoms with van der Waals surface area (Å²) in [4.78, 5) is 83.8. The summed E-state index contributed by atoms with van der Waals surface area (Å²) in [5.74, 6) is -3.55. The van der Waals surface area contributed by atoms with Crippen molar-refractivity contribution in [3.8, 4) is 0 Å². The minimum absolute atomic E-state index is 0.0461. The Kier molecular flexibility index (Phi) is 11.7. The Bertz CT molecular complexity index is 1920. The SMILES string of the molecule is C=C[C@@H]1C[C@]1(NC(=O)[C@@H]1CC(OC(=O)N2Cc3cccc(F)c3C2)CN1C(=O)[C@H](CCC(=O)C=CC1CCC1)NC(=O)OC(C)(C)C)C(=O)NS(=O)(=O)C1CC1. The molecular formula is C39H50FN5O10S. The van der Waals surface area contributed by atoms with Gasteiger partial charge in [-0.1, -0.05) is 30.7 Å². The number of amides is 5. The molecule has 6 rings (SSSR count). The summed E-state index contributed by atoms with van der Waals surface area (Å²) < 4.78 is 53.1. The molecule has 0 spiro atoms. The average Bonchev–Trinajstić information content (AvgIpc) is 3.99. The predicted molar refractivity (Wildman–Crippen MR) is 199 cm³/mol. The number of ether oxygens (including phenoxy) is 2. The van der Waals surface area contributed by atoms with E-state index < -0.39 is 86.2 Å². The minimum atomic E-state index is -3.97. The smallest absolute Gasteiger partial charge is 0.410 e. The van der Waals surface area contributed by atoms with Crippen molar-refractivity contribution in [3.05, 3.63) is 60.0 Å². The summed E-state index contributed by atoms with van der Waals surface area (Å²) in [6.07, 6.45) is 5.39. The van der Waals surface area contributed by atoms with Gasteiger partial charge in [0, 0.05) is 30.9 Å². The van der Waals surface area contributed by atoms with E-state index in [9.17, 15) is 41.6 Å². The molecule has 5 atom stereocenters. The molecule has 2 heterocycles. The topological polar surface area (TPSA) is 198 Å². The first kappa shape index (κ1) is 40.9. The molecule has 1 saturated heterocycles. The van der Waals surface area contributed by atoms with Crippen LogP contribution >= 0.6 is 0 Å². The van der Waals surface area contributed by atoms with Crippen LogP contribution in [0, 0.1) is 17.7 Å². The molecule has 3 saturated carbocycles. The number of nitrogens with zero attached hydrogens (tertiary/aromatic N) is 2. The molecule has 1 aromatic rings. The summed E-state index contributed by atoms with van der Waals surface area (Å²) in [5.41, 5.74) is -1.63. The van der Waals surface area contributed by atoms with Gasteiger partial charge in [-0.25, -0.2) is 22.4 Å². The van der Waals surface area contributed by atoms with E-state index in [1.165, 1.54) is 29.2 Å². The summed E-state index contributed by atoms with van der Waals surface area (Å²) in [7, 11) is -3.97. The number of sulfonamides is 1. The van der Waals surface area contributed by atoms with Gasteiger partial charge in [0.1, 0.15) is 35.1 Å². The lowest BCUT2D eigenvalue weighted by Crippen LogP contribution is -2.58. The van der Waals surface area contributed by atoms with Gasteiger partial charge in [0.05, 0.1) is 18.3 Å². The van der Waals surface area contributed by atoms with Crippen molar-refractivity contribution in [2.75, 3.05) is 6.54 Å². The molecule has 1 aromatic carbocycles. The maximum Gasteiger partial charge on any atom is 0.410 e. The average molecular weight is 800 g/mol. The number of nitrogens with one attached hydrogen (secondary N) is 3. The molecule has 3 aliphatic carbocycles. The molecule has 3 N–H and O–H groups in total. The van der Waals surface area contributed by atoms with Crippen LogP contribution in [0.3, 0.4) is 0 Å². The number of carbonyl (C=O) groups excluding carboxylic acids is 6. The highest BCUT2D eigenvalue weighted by Crippen LogP contribution is 2.45. The number of fused-ring (bicyclic) bond motifs is 1. The second-order valence-electron chi connectivity index (χ2n) is 16.4. The Morgan fingerprint density at radius 1 is 1.09 bits per heavy atom. The lowest BCUT2D eigenvalue weighted by molar-refractivity contribution is -0.141. The number of likely N-dealkylation sites (tertiary alicyclic amines) is 1. The molecule has 0 bridgehead atoms. The van der Waals surface area contributed by atoms with Crippen LogP contribution in [0.15, 0.2) is 43.0 Å². The number of alkyl carbamates (subject to hydrolysis) is 1. The summed E-state index contributed by atoms with van der Waals surface area (Å²) in [5, 5.41) is 4.52. The number of allylic oxidation sites excluding steroid dienone is 2. The molecule has 2 aliphatic heterocycles. The van der Waals surface area contributed by atoms with E-state index in [0.717, 1.165) is 24.2 Å². The molecule has 0 radical (unpaired) electrons. The third-order valence-electron chi connectivity index (χ3n) is 10.9. The van der Waals surface area contributed by atoms with Crippen LogP contribution < -0.4 is 15.4 Å². The quantitative estimate of drug-likeness (QED) is 0.185. The highest BCUT2D eigenvalue weighted by molar-refractivity contribution is 7.91. The number of rotatable bonds is 14. The zero-order valence-corrected chi connectivity index (χ0v) is 32.7. The molecule has 5 amide bonds. The van der Waals surface area contributed by atoms with Crippen LogP contribution in [0.5, 0.6) is 0 Å². The van der Waals surface area contributed by atoms with Gasteiger partial charge in [0.2, 0.25) is 21.8 Å². The van der Waals surface area contributed by atoms with Crippen LogP contribution in [0.2, 0.25) is 0 Å². The van der Waals surface area contributed by atoms with Crippen LogP contribution in [0.25, 0.3) is 0 Å². The number of hydrogen-bond donors (Lipinski definition) is 3. The Labute approximate surface area is 325 Å². The number of carbonyl (C=O) groups is 6. The maximum atomic E-state index is 14.5. The fraction of sp³-hybridized carbons (Fsp3) is 0.590. The Balaban J connectivity index is 1.22. The van der Waals surface area contributed by atoms with Crippen LogP contribution in [0.4, 0.5) is 14.0 Å². The zero-order chi connectivity index (χ0) is 40.6. The van der Waals surface area contributed by atoms with E-state index in [2.05, 4.69) is 21.9 Å². The molecule has 0 aromatic heterocycles. The van der Waals surface area contributed by atoms with E-state index in [1.807, 2.05) is 6.08 Å². The fourth-order valence-corrected chi connectivity index (χ4v) is 8.64. The van der Waals surface area contributed by atoms with Crippen LogP contribution in [0.1, 0.15) is 89.7 Å². The van der Waals surface area contributed by atoms with Gasteiger partial charge in [-0.3, -0.25) is 28.8 Å². The van der Waals surface area contributed by atoms with Gasteiger partial charge in [-0.2, -0.15) is 0 Å². The van der Waals surface area contributed by atoms with E-state index in [4.69, 9.17) is 9.47 Å². The zero-order valence-electron chi connectivity index (χ0n) is 31.9. The predicted octanol–water partition coefficient (Wildman–Crippen LogP) is 3.52. The highest BCUT2D eigenvalue weighted by Gasteiger charge is 2.62.